The number of halogens is 2. The first-order valence-corrected chi connectivity index (χ1v) is 14.3. The van der Waals surface area contributed by atoms with E-state index in [0.717, 1.165) is 41.8 Å². The Labute approximate surface area is 222 Å². The van der Waals surface area contributed by atoms with Gasteiger partial charge in [-0.2, -0.15) is 0 Å². The summed E-state index contributed by atoms with van der Waals surface area (Å²) in [5, 5.41) is 3.72. The Morgan fingerprint density at radius 1 is 1.14 bits per heavy atom. The normalized spacial score (nSPS) is 14.8. The SMILES string of the molecule is COc1ccc(N(CC(=O)N(Cc2cccc(Cl)c2)C(C)C(=O)NC2CCCC2)S(C)(=O)=O)cc1Cl. The molecule has 2 amide bonds. The molecular weight excluding hydrogens is 525 g/mol. The Morgan fingerprint density at radius 2 is 1.83 bits per heavy atom. The molecule has 2 aromatic rings. The van der Waals surface area contributed by atoms with Crippen LogP contribution in [0.1, 0.15) is 38.2 Å². The summed E-state index contributed by atoms with van der Waals surface area (Å²) in [7, 11) is -2.41. The number of ether oxygens (including phenoxy) is 1. The summed E-state index contributed by atoms with van der Waals surface area (Å²) in [6.07, 6.45) is 4.92. The van der Waals surface area contributed by atoms with Crippen molar-refractivity contribution in [1.29, 1.82) is 0 Å². The second-order valence-electron chi connectivity index (χ2n) is 8.91. The van der Waals surface area contributed by atoms with Crippen molar-refractivity contribution in [3.05, 3.63) is 58.1 Å². The van der Waals surface area contributed by atoms with Crippen LogP contribution in [0.3, 0.4) is 0 Å². The lowest BCUT2D eigenvalue weighted by atomic mass is 10.1. The number of nitrogens with one attached hydrogen (secondary N) is 1. The van der Waals surface area contributed by atoms with Gasteiger partial charge in [0, 0.05) is 17.6 Å². The minimum atomic E-state index is -3.86. The molecule has 0 radical (unpaired) electrons. The van der Waals surface area contributed by atoms with Gasteiger partial charge in [-0.15, -0.1) is 0 Å². The Bertz CT molecular complexity index is 1200. The second-order valence-corrected chi connectivity index (χ2v) is 11.7. The zero-order valence-corrected chi connectivity index (χ0v) is 22.9. The smallest absolute Gasteiger partial charge is 0.244 e. The first-order chi connectivity index (χ1) is 17.0. The van der Waals surface area contributed by atoms with Gasteiger partial charge in [0.1, 0.15) is 18.3 Å². The van der Waals surface area contributed by atoms with E-state index in [0.29, 0.717) is 10.8 Å². The van der Waals surface area contributed by atoms with E-state index >= 15 is 0 Å². The highest BCUT2D eigenvalue weighted by Gasteiger charge is 2.31. The number of amides is 2. The predicted molar refractivity (Wildman–Crippen MR) is 142 cm³/mol. The summed E-state index contributed by atoms with van der Waals surface area (Å²) >= 11 is 12.3. The second kappa shape index (κ2) is 12.2. The molecule has 36 heavy (non-hydrogen) atoms. The average molecular weight is 557 g/mol. The van der Waals surface area contributed by atoms with Crippen molar-refractivity contribution in [2.45, 2.75) is 51.2 Å². The molecule has 1 unspecified atom stereocenters. The molecule has 1 fully saturated rings. The third kappa shape index (κ3) is 7.27. The molecule has 3 rings (SSSR count). The molecule has 11 heteroatoms. The van der Waals surface area contributed by atoms with Gasteiger partial charge in [-0.3, -0.25) is 13.9 Å². The van der Waals surface area contributed by atoms with Gasteiger partial charge in [0.25, 0.3) is 0 Å². The van der Waals surface area contributed by atoms with Gasteiger partial charge in [-0.25, -0.2) is 8.42 Å². The zero-order valence-electron chi connectivity index (χ0n) is 20.5. The van der Waals surface area contributed by atoms with Crippen molar-refractivity contribution in [2.75, 3.05) is 24.2 Å². The summed E-state index contributed by atoms with van der Waals surface area (Å²) in [6.45, 7) is 1.21. The Morgan fingerprint density at radius 3 is 2.42 bits per heavy atom. The van der Waals surface area contributed by atoms with Crippen molar-refractivity contribution < 1.29 is 22.7 Å². The molecule has 1 aliphatic carbocycles. The minimum absolute atomic E-state index is 0.0806. The summed E-state index contributed by atoms with van der Waals surface area (Å²) < 4.78 is 31.5. The monoisotopic (exact) mass is 555 g/mol. The lowest BCUT2D eigenvalue weighted by molar-refractivity contribution is -0.139. The Balaban J connectivity index is 1.90. The maximum absolute atomic E-state index is 13.6. The third-order valence-electron chi connectivity index (χ3n) is 6.21. The highest BCUT2D eigenvalue weighted by atomic mass is 35.5. The van der Waals surface area contributed by atoms with Crippen LogP contribution in [-0.2, 0) is 26.2 Å². The van der Waals surface area contributed by atoms with E-state index in [2.05, 4.69) is 5.32 Å². The Kier molecular flexibility index (Phi) is 9.49. The molecule has 0 aliphatic heterocycles. The van der Waals surface area contributed by atoms with E-state index in [4.69, 9.17) is 27.9 Å². The Hall–Kier alpha value is -2.49. The van der Waals surface area contributed by atoms with E-state index in [1.807, 2.05) is 0 Å². The number of rotatable bonds is 10. The number of sulfonamides is 1. The molecule has 2 aromatic carbocycles. The van der Waals surface area contributed by atoms with Gasteiger partial charge < -0.3 is 15.0 Å². The fourth-order valence-corrected chi connectivity index (χ4v) is 5.54. The van der Waals surface area contributed by atoms with Crippen molar-refractivity contribution in [2.24, 2.45) is 0 Å². The van der Waals surface area contributed by atoms with Crippen LogP contribution >= 0.6 is 23.2 Å². The number of benzene rings is 2. The van der Waals surface area contributed by atoms with Gasteiger partial charge in [0.15, 0.2) is 0 Å². The van der Waals surface area contributed by atoms with Crippen LogP contribution in [0.15, 0.2) is 42.5 Å². The van der Waals surface area contributed by atoms with Crippen LogP contribution in [0.2, 0.25) is 10.0 Å². The molecule has 196 valence electrons. The van der Waals surface area contributed by atoms with Crippen LogP contribution in [-0.4, -0.2) is 57.1 Å². The standard InChI is InChI=1S/C25H31Cl2N3O5S/c1-17(25(32)28-20-9-4-5-10-20)29(15-18-7-6-8-19(26)13-18)24(31)16-30(36(3,33)34)21-11-12-23(35-2)22(27)14-21/h6-8,11-14,17,20H,4-5,9-10,15-16H2,1-3H3,(H,28,32). The first-order valence-electron chi connectivity index (χ1n) is 11.6. The number of anilines is 1. The van der Waals surface area contributed by atoms with E-state index in [9.17, 15) is 18.0 Å². The molecule has 0 spiro atoms. The van der Waals surface area contributed by atoms with Crippen LogP contribution in [0, 0.1) is 0 Å². The number of carbonyl (C=O) groups is 2. The van der Waals surface area contributed by atoms with Crippen molar-refractivity contribution >= 4 is 50.7 Å². The minimum Gasteiger partial charge on any atom is -0.495 e. The fraction of sp³-hybridized carbons (Fsp3) is 0.440. The average Bonchev–Trinajstić information content (AvgIpc) is 3.32. The van der Waals surface area contributed by atoms with Gasteiger partial charge >= 0.3 is 0 Å². The molecule has 0 aromatic heterocycles. The predicted octanol–water partition coefficient (Wildman–Crippen LogP) is 4.24. The highest BCUT2D eigenvalue weighted by molar-refractivity contribution is 7.92. The van der Waals surface area contributed by atoms with Crippen LogP contribution in [0.25, 0.3) is 0 Å². The largest absolute Gasteiger partial charge is 0.495 e. The van der Waals surface area contributed by atoms with Gasteiger partial charge in [0.2, 0.25) is 21.8 Å². The summed E-state index contributed by atoms with van der Waals surface area (Å²) in [6, 6.07) is 10.7. The van der Waals surface area contributed by atoms with E-state index in [1.165, 1.54) is 30.2 Å². The molecule has 0 heterocycles. The zero-order chi connectivity index (χ0) is 26.5. The van der Waals surface area contributed by atoms with Crippen molar-refractivity contribution in [3.63, 3.8) is 0 Å². The molecule has 0 bridgehead atoms. The van der Waals surface area contributed by atoms with Crippen molar-refractivity contribution in [1.82, 2.24) is 10.2 Å². The molecular formula is C25H31Cl2N3O5S. The van der Waals surface area contributed by atoms with Gasteiger partial charge in [0.05, 0.1) is 24.1 Å². The molecule has 1 atom stereocenters. The van der Waals surface area contributed by atoms with E-state index in [1.54, 1.807) is 31.2 Å². The van der Waals surface area contributed by atoms with E-state index in [-0.39, 0.29) is 29.2 Å². The quantitative estimate of drug-likeness (QED) is 0.472. The molecule has 1 N–H and O–H groups in total. The lowest BCUT2D eigenvalue weighted by Gasteiger charge is -2.32. The third-order valence-corrected chi connectivity index (χ3v) is 7.88. The number of hydrogen-bond donors (Lipinski definition) is 1. The maximum Gasteiger partial charge on any atom is 0.244 e. The number of carbonyl (C=O) groups excluding carboxylic acids is 2. The van der Waals surface area contributed by atoms with Crippen LogP contribution in [0.4, 0.5) is 5.69 Å². The number of nitrogens with zero attached hydrogens (tertiary/aromatic N) is 2. The van der Waals surface area contributed by atoms with E-state index < -0.39 is 28.5 Å². The molecule has 1 saturated carbocycles. The summed E-state index contributed by atoms with van der Waals surface area (Å²) in [5.41, 5.74) is 0.928. The topological polar surface area (TPSA) is 96.0 Å². The highest BCUT2D eigenvalue weighted by Crippen LogP contribution is 2.30. The molecule has 8 nitrogen and oxygen atoms in total. The fourth-order valence-electron chi connectivity index (χ4n) is 4.23. The van der Waals surface area contributed by atoms with Gasteiger partial charge in [-0.1, -0.05) is 48.2 Å². The summed E-state index contributed by atoms with van der Waals surface area (Å²) in [5.74, 6) is -0.447. The lowest BCUT2D eigenvalue weighted by Crippen LogP contribution is -2.52. The first kappa shape index (κ1) is 28.1. The number of methoxy groups -OCH3 is 1. The van der Waals surface area contributed by atoms with Crippen LogP contribution < -0.4 is 14.4 Å². The molecule has 1 aliphatic rings. The van der Waals surface area contributed by atoms with Crippen LogP contribution in [0.5, 0.6) is 5.75 Å². The molecule has 0 saturated heterocycles. The van der Waals surface area contributed by atoms with Gasteiger partial charge in [-0.05, 0) is 55.7 Å². The maximum atomic E-state index is 13.6. The van der Waals surface area contributed by atoms with Crippen molar-refractivity contribution in [3.8, 4) is 5.75 Å². The summed E-state index contributed by atoms with van der Waals surface area (Å²) in [4.78, 5) is 28.1. The number of hydrogen-bond acceptors (Lipinski definition) is 5.